The van der Waals surface area contributed by atoms with Gasteiger partial charge in [-0.3, -0.25) is 5.84 Å². The maximum atomic E-state index is 5.52. The van der Waals surface area contributed by atoms with Gasteiger partial charge in [0.25, 0.3) is 0 Å². The molecule has 2 rings (SSSR count). The number of hydrogen-bond acceptors (Lipinski definition) is 2. The first-order valence-corrected chi connectivity index (χ1v) is 5.85. The van der Waals surface area contributed by atoms with Gasteiger partial charge in [0, 0.05) is 5.70 Å². The Hall–Kier alpha value is -2.32. The number of nitrogens with two attached hydrogens (primary N) is 1. The Kier molecular flexibility index (Phi) is 4.33. The van der Waals surface area contributed by atoms with Crippen LogP contribution in [0.25, 0.3) is 12.2 Å². The number of hydrazine groups is 1. The van der Waals surface area contributed by atoms with Gasteiger partial charge in [-0.25, -0.2) is 0 Å². The maximum absolute atomic E-state index is 5.52. The van der Waals surface area contributed by atoms with Gasteiger partial charge in [0.05, 0.1) is 0 Å². The van der Waals surface area contributed by atoms with E-state index in [1.165, 1.54) is 0 Å². The molecule has 0 radical (unpaired) electrons. The van der Waals surface area contributed by atoms with Crippen LogP contribution in [0.5, 0.6) is 0 Å². The van der Waals surface area contributed by atoms with Crippen LogP contribution in [-0.4, -0.2) is 0 Å². The molecule has 18 heavy (non-hydrogen) atoms. The van der Waals surface area contributed by atoms with Gasteiger partial charge in [0.1, 0.15) is 0 Å². The summed E-state index contributed by atoms with van der Waals surface area (Å²) < 4.78 is 0. The second-order valence-electron chi connectivity index (χ2n) is 3.90. The van der Waals surface area contributed by atoms with Crippen molar-refractivity contribution in [2.24, 2.45) is 5.84 Å². The van der Waals surface area contributed by atoms with Crippen LogP contribution in [0.3, 0.4) is 0 Å². The number of hydrogen-bond donors (Lipinski definition) is 2. The topological polar surface area (TPSA) is 38.0 Å². The quantitative estimate of drug-likeness (QED) is 0.486. The first-order valence-electron chi connectivity index (χ1n) is 5.85. The molecule has 0 atom stereocenters. The van der Waals surface area contributed by atoms with E-state index >= 15 is 0 Å². The van der Waals surface area contributed by atoms with E-state index in [0.717, 1.165) is 16.8 Å². The molecular formula is C16H16N2. The van der Waals surface area contributed by atoms with Crippen molar-refractivity contribution in [1.29, 1.82) is 0 Å². The SMILES string of the molecule is NNC(C=Cc1ccccc1)=Cc1ccccc1. The van der Waals surface area contributed by atoms with Crippen LogP contribution >= 0.6 is 0 Å². The molecule has 90 valence electrons. The smallest absolute Gasteiger partial charge is 0.0491 e. The second kappa shape index (κ2) is 6.42. The molecular weight excluding hydrogens is 220 g/mol. The zero-order chi connectivity index (χ0) is 12.6. The largest absolute Gasteiger partial charge is 0.324 e. The molecule has 0 aliphatic carbocycles. The molecule has 0 heterocycles. The first-order chi connectivity index (χ1) is 8.88. The number of allylic oxidation sites excluding steroid dienone is 1. The predicted molar refractivity (Wildman–Crippen MR) is 77.2 cm³/mol. The van der Waals surface area contributed by atoms with Crippen molar-refractivity contribution in [3.63, 3.8) is 0 Å². The third-order valence-electron chi connectivity index (χ3n) is 2.54. The van der Waals surface area contributed by atoms with E-state index in [2.05, 4.69) is 5.43 Å². The van der Waals surface area contributed by atoms with Crippen molar-refractivity contribution >= 4 is 12.2 Å². The van der Waals surface area contributed by atoms with Gasteiger partial charge in [0.15, 0.2) is 0 Å². The van der Waals surface area contributed by atoms with Crippen LogP contribution in [0.15, 0.2) is 72.4 Å². The Morgan fingerprint density at radius 1 is 0.833 bits per heavy atom. The average molecular weight is 236 g/mol. The van der Waals surface area contributed by atoms with Crippen molar-refractivity contribution in [2.75, 3.05) is 0 Å². The summed E-state index contributed by atoms with van der Waals surface area (Å²) in [5, 5.41) is 0. The lowest BCUT2D eigenvalue weighted by Crippen LogP contribution is -2.19. The third kappa shape index (κ3) is 3.61. The van der Waals surface area contributed by atoms with Crippen molar-refractivity contribution in [3.8, 4) is 0 Å². The Morgan fingerprint density at radius 2 is 1.39 bits per heavy atom. The van der Waals surface area contributed by atoms with Crippen LogP contribution < -0.4 is 11.3 Å². The lowest BCUT2D eigenvalue weighted by atomic mass is 10.1. The minimum Gasteiger partial charge on any atom is -0.324 e. The van der Waals surface area contributed by atoms with Crippen molar-refractivity contribution in [1.82, 2.24) is 5.43 Å². The van der Waals surface area contributed by atoms with Crippen LogP contribution in [0, 0.1) is 0 Å². The van der Waals surface area contributed by atoms with Crippen molar-refractivity contribution in [3.05, 3.63) is 83.6 Å². The molecule has 0 aromatic heterocycles. The number of benzene rings is 2. The van der Waals surface area contributed by atoms with E-state index in [-0.39, 0.29) is 0 Å². The molecule has 2 aromatic rings. The lowest BCUT2D eigenvalue weighted by molar-refractivity contribution is 0.925. The van der Waals surface area contributed by atoms with Gasteiger partial charge in [-0.05, 0) is 23.3 Å². The van der Waals surface area contributed by atoms with E-state index < -0.39 is 0 Å². The van der Waals surface area contributed by atoms with Crippen LogP contribution in [-0.2, 0) is 0 Å². The molecule has 0 saturated heterocycles. The highest BCUT2D eigenvalue weighted by molar-refractivity contribution is 5.60. The maximum Gasteiger partial charge on any atom is 0.0491 e. The monoisotopic (exact) mass is 236 g/mol. The Balaban J connectivity index is 2.15. The fraction of sp³-hybridized carbons (Fsp3) is 0. The molecule has 0 aliphatic heterocycles. The molecule has 0 bridgehead atoms. The van der Waals surface area contributed by atoms with Crippen molar-refractivity contribution in [2.45, 2.75) is 0 Å². The minimum absolute atomic E-state index is 0.866. The van der Waals surface area contributed by atoms with E-state index in [9.17, 15) is 0 Å². The van der Waals surface area contributed by atoms with Gasteiger partial charge in [0.2, 0.25) is 0 Å². The zero-order valence-electron chi connectivity index (χ0n) is 10.1. The molecule has 3 N–H and O–H groups in total. The van der Waals surface area contributed by atoms with E-state index in [1.807, 2.05) is 78.9 Å². The lowest BCUT2D eigenvalue weighted by Gasteiger charge is -2.01. The summed E-state index contributed by atoms with van der Waals surface area (Å²) in [6, 6.07) is 20.2. The van der Waals surface area contributed by atoms with Crippen molar-refractivity contribution < 1.29 is 0 Å². The molecule has 2 nitrogen and oxygen atoms in total. The molecule has 0 aliphatic rings. The number of nitrogens with one attached hydrogen (secondary N) is 1. The van der Waals surface area contributed by atoms with E-state index in [0.29, 0.717) is 0 Å². The Labute approximate surface area is 107 Å². The molecule has 2 heteroatoms. The van der Waals surface area contributed by atoms with Crippen LogP contribution in [0.1, 0.15) is 11.1 Å². The summed E-state index contributed by atoms with van der Waals surface area (Å²) >= 11 is 0. The summed E-state index contributed by atoms with van der Waals surface area (Å²) in [5.74, 6) is 5.52. The molecule has 0 saturated carbocycles. The fourth-order valence-electron chi connectivity index (χ4n) is 1.62. The summed E-state index contributed by atoms with van der Waals surface area (Å²) in [5.41, 5.74) is 5.82. The van der Waals surface area contributed by atoms with Gasteiger partial charge < -0.3 is 5.43 Å². The summed E-state index contributed by atoms with van der Waals surface area (Å²) in [6.07, 6.45) is 5.98. The molecule has 0 unspecified atom stereocenters. The number of rotatable bonds is 4. The summed E-state index contributed by atoms with van der Waals surface area (Å²) in [7, 11) is 0. The average Bonchev–Trinajstić information content (AvgIpc) is 2.45. The molecule has 2 aromatic carbocycles. The van der Waals surface area contributed by atoms with Crippen LogP contribution in [0.2, 0.25) is 0 Å². The third-order valence-corrected chi connectivity index (χ3v) is 2.54. The normalized spacial score (nSPS) is 11.7. The standard InChI is InChI=1S/C16H16N2/c17-18-16(13-15-9-5-2-6-10-15)12-11-14-7-3-1-4-8-14/h1-13,18H,17H2. The van der Waals surface area contributed by atoms with E-state index in [1.54, 1.807) is 0 Å². The van der Waals surface area contributed by atoms with Gasteiger partial charge in [-0.15, -0.1) is 0 Å². The highest BCUT2D eigenvalue weighted by Crippen LogP contribution is 2.07. The molecule has 0 fully saturated rings. The zero-order valence-corrected chi connectivity index (χ0v) is 10.1. The van der Waals surface area contributed by atoms with Gasteiger partial charge in [-0.2, -0.15) is 0 Å². The highest BCUT2D eigenvalue weighted by Gasteiger charge is 1.90. The summed E-state index contributed by atoms with van der Waals surface area (Å²) in [6.45, 7) is 0. The summed E-state index contributed by atoms with van der Waals surface area (Å²) in [4.78, 5) is 0. The Morgan fingerprint density at radius 3 is 1.94 bits per heavy atom. The Bertz CT molecular complexity index is 528. The highest BCUT2D eigenvalue weighted by atomic mass is 15.2. The van der Waals surface area contributed by atoms with Crippen LogP contribution in [0.4, 0.5) is 0 Å². The molecule has 0 amide bonds. The predicted octanol–water partition coefficient (Wildman–Crippen LogP) is 3.20. The van der Waals surface area contributed by atoms with E-state index in [4.69, 9.17) is 5.84 Å². The second-order valence-corrected chi connectivity index (χ2v) is 3.90. The fourth-order valence-corrected chi connectivity index (χ4v) is 1.62. The van der Waals surface area contributed by atoms with Gasteiger partial charge in [-0.1, -0.05) is 66.7 Å². The minimum atomic E-state index is 0.866. The first kappa shape index (κ1) is 12.1. The van der Waals surface area contributed by atoms with Gasteiger partial charge >= 0.3 is 0 Å². The molecule has 0 spiro atoms.